The van der Waals surface area contributed by atoms with Crippen LogP contribution in [0, 0.1) is 0 Å². The summed E-state index contributed by atoms with van der Waals surface area (Å²) in [7, 11) is 2.13. The van der Waals surface area contributed by atoms with Crippen LogP contribution in [0.2, 0.25) is 0 Å². The van der Waals surface area contributed by atoms with Crippen molar-refractivity contribution in [2.75, 3.05) is 45.2 Å². The van der Waals surface area contributed by atoms with E-state index in [-0.39, 0.29) is 12.0 Å². The number of esters is 1. The predicted octanol–water partition coefficient (Wildman–Crippen LogP) is 1.37. The monoisotopic (exact) mass is 440 g/mol. The van der Waals surface area contributed by atoms with Crippen molar-refractivity contribution in [1.82, 2.24) is 34.7 Å². The Bertz CT molecular complexity index is 1100. The number of likely N-dealkylation sites (N-methyl/N-ethyl adjacent to an activating group) is 1. The van der Waals surface area contributed by atoms with Gasteiger partial charge in [-0.1, -0.05) is 5.16 Å². The SMILES string of the molecule is CCn1ncc2c(NC3CCOC(=O)C3)c(-c3nc(CN4CCN(C)CC4)no3)cnc21. The molecule has 3 aromatic heterocycles. The summed E-state index contributed by atoms with van der Waals surface area (Å²) in [6.45, 7) is 7.82. The van der Waals surface area contributed by atoms with E-state index in [0.717, 1.165) is 49.3 Å². The van der Waals surface area contributed by atoms with Crippen molar-refractivity contribution in [3.8, 4) is 11.5 Å². The average Bonchev–Trinajstić information content (AvgIpc) is 3.42. The van der Waals surface area contributed by atoms with E-state index in [9.17, 15) is 4.79 Å². The highest BCUT2D eigenvalue weighted by Gasteiger charge is 2.25. The van der Waals surface area contributed by atoms with Crippen molar-refractivity contribution in [1.29, 1.82) is 0 Å². The number of ether oxygens (including phenoxy) is 1. The number of fused-ring (bicyclic) bond motifs is 1. The number of hydrogen-bond donors (Lipinski definition) is 1. The Kier molecular flexibility index (Phi) is 5.75. The van der Waals surface area contributed by atoms with Crippen LogP contribution in [0.15, 0.2) is 16.9 Å². The Labute approximate surface area is 185 Å². The second kappa shape index (κ2) is 8.83. The first-order valence-electron chi connectivity index (χ1n) is 11.1. The van der Waals surface area contributed by atoms with Crippen LogP contribution in [-0.4, -0.2) is 86.5 Å². The summed E-state index contributed by atoms with van der Waals surface area (Å²) in [5.74, 6) is 0.867. The fourth-order valence-electron chi connectivity index (χ4n) is 4.21. The number of piperazine rings is 1. The summed E-state index contributed by atoms with van der Waals surface area (Å²) in [6.07, 6.45) is 4.58. The van der Waals surface area contributed by atoms with Gasteiger partial charge in [0.15, 0.2) is 11.5 Å². The molecule has 170 valence electrons. The standard InChI is InChI=1S/C21H28N8O3/c1-3-29-20-15(12-23-29)19(24-14-4-9-31-18(30)10-14)16(11-22-20)21-25-17(26-32-21)13-28-7-5-27(2)6-8-28/h11-12,14H,3-10,13H2,1-2H3,(H,22,24). The molecule has 0 amide bonds. The molecule has 0 aromatic carbocycles. The number of carbonyl (C=O) groups is 1. The van der Waals surface area contributed by atoms with E-state index in [1.807, 2.05) is 11.6 Å². The molecule has 32 heavy (non-hydrogen) atoms. The van der Waals surface area contributed by atoms with Crippen LogP contribution in [0.1, 0.15) is 25.6 Å². The highest BCUT2D eigenvalue weighted by molar-refractivity contribution is 5.96. The fraction of sp³-hybridized carbons (Fsp3) is 0.571. The van der Waals surface area contributed by atoms with E-state index >= 15 is 0 Å². The third kappa shape index (κ3) is 4.17. The second-order valence-corrected chi connectivity index (χ2v) is 8.39. The Morgan fingerprint density at radius 2 is 2.06 bits per heavy atom. The summed E-state index contributed by atoms with van der Waals surface area (Å²) >= 11 is 0. The van der Waals surface area contributed by atoms with Crippen LogP contribution < -0.4 is 5.32 Å². The number of aromatic nitrogens is 5. The second-order valence-electron chi connectivity index (χ2n) is 8.39. The lowest BCUT2D eigenvalue weighted by atomic mass is 10.1. The normalized spacial score (nSPS) is 20.6. The highest BCUT2D eigenvalue weighted by atomic mass is 16.5. The average molecular weight is 441 g/mol. The molecular formula is C21H28N8O3. The number of nitrogens with one attached hydrogen (secondary N) is 1. The topological polar surface area (TPSA) is 114 Å². The molecule has 1 unspecified atom stereocenters. The number of cyclic esters (lactones) is 1. The first-order chi connectivity index (χ1) is 15.6. The first kappa shape index (κ1) is 20.8. The lowest BCUT2D eigenvalue weighted by molar-refractivity contribution is -0.147. The maximum Gasteiger partial charge on any atom is 0.307 e. The Hall–Kier alpha value is -3.05. The minimum Gasteiger partial charge on any atom is -0.466 e. The van der Waals surface area contributed by atoms with E-state index in [1.165, 1.54) is 0 Å². The zero-order valence-corrected chi connectivity index (χ0v) is 18.5. The molecule has 0 bridgehead atoms. The van der Waals surface area contributed by atoms with Gasteiger partial charge in [-0.25, -0.2) is 9.67 Å². The summed E-state index contributed by atoms with van der Waals surface area (Å²) < 4.78 is 12.6. The summed E-state index contributed by atoms with van der Waals surface area (Å²) in [5, 5.41) is 13.0. The summed E-state index contributed by atoms with van der Waals surface area (Å²) in [5.41, 5.74) is 2.29. The quantitative estimate of drug-likeness (QED) is 0.564. The van der Waals surface area contributed by atoms with Gasteiger partial charge in [-0.05, 0) is 14.0 Å². The molecule has 2 saturated heterocycles. The van der Waals surface area contributed by atoms with Crippen LogP contribution in [0.25, 0.3) is 22.5 Å². The van der Waals surface area contributed by atoms with E-state index < -0.39 is 0 Å². The molecule has 0 radical (unpaired) electrons. The van der Waals surface area contributed by atoms with Crippen molar-refractivity contribution >= 4 is 22.7 Å². The lowest BCUT2D eigenvalue weighted by Gasteiger charge is -2.31. The largest absolute Gasteiger partial charge is 0.466 e. The van der Waals surface area contributed by atoms with Crippen molar-refractivity contribution in [3.63, 3.8) is 0 Å². The van der Waals surface area contributed by atoms with E-state index in [1.54, 1.807) is 12.4 Å². The molecule has 11 nitrogen and oxygen atoms in total. The zero-order valence-electron chi connectivity index (χ0n) is 18.5. The predicted molar refractivity (Wildman–Crippen MR) is 117 cm³/mol. The van der Waals surface area contributed by atoms with Crippen LogP contribution in [0.5, 0.6) is 0 Å². The molecule has 0 aliphatic carbocycles. The number of rotatable bonds is 6. The van der Waals surface area contributed by atoms with Gasteiger partial charge in [-0.3, -0.25) is 9.69 Å². The molecule has 0 spiro atoms. The van der Waals surface area contributed by atoms with Crippen molar-refractivity contribution in [2.24, 2.45) is 0 Å². The van der Waals surface area contributed by atoms with Gasteiger partial charge in [-0.15, -0.1) is 0 Å². The van der Waals surface area contributed by atoms with Gasteiger partial charge in [0, 0.05) is 51.4 Å². The third-order valence-electron chi connectivity index (χ3n) is 6.12. The van der Waals surface area contributed by atoms with Gasteiger partial charge < -0.3 is 19.5 Å². The van der Waals surface area contributed by atoms with Gasteiger partial charge in [0.2, 0.25) is 0 Å². The summed E-state index contributed by atoms with van der Waals surface area (Å²) in [6, 6.07) is -0.0432. The van der Waals surface area contributed by atoms with E-state index in [4.69, 9.17) is 9.26 Å². The zero-order chi connectivity index (χ0) is 22.1. The molecule has 3 aromatic rings. The van der Waals surface area contributed by atoms with Crippen molar-refractivity contribution in [3.05, 3.63) is 18.2 Å². The molecule has 2 aliphatic heterocycles. The molecule has 5 rings (SSSR count). The molecule has 2 aliphatic rings. The van der Waals surface area contributed by atoms with Gasteiger partial charge in [0.25, 0.3) is 5.89 Å². The van der Waals surface area contributed by atoms with E-state index in [0.29, 0.717) is 43.4 Å². The number of hydrogen-bond acceptors (Lipinski definition) is 10. The van der Waals surface area contributed by atoms with Crippen LogP contribution >= 0.6 is 0 Å². The van der Waals surface area contributed by atoms with Crippen molar-refractivity contribution in [2.45, 2.75) is 38.9 Å². The number of aryl methyl sites for hydroxylation is 1. The third-order valence-corrected chi connectivity index (χ3v) is 6.12. The maximum absolute atomic E-state index is 11.8. The van der Waals surface area contributed by atoms with Gasteiger partial charge in [-0.2, -0.15) is 10.1 Å². The van der Waals surface area contributed by atoms with Gasteiger partial charge in [0.05, 0.1) is 42.4 Å². The van der Waals surface area contributed by atoms with Gasteiger partial charge in [0.1, 0.15) is 0 Å². The molecule has 0 saturated carbocycles. The smallest absolute Gasteiger partial charge is 0.307 e. The molecule has 1 N–H and O–H groups in total. The summed E-state index contributed by atoms with van der Waals surface area (Å²) in [4.78, 5) is 25.7. The molecule has 2 fully saturated rings. The highest BCUT2D eigenvalue weighted by Crippen LogP contribution is 2.34. The Balaban J connectivity index is 1.45. The number of carbonyl (C=O) groups excluding carboxylic acids is 1. The van der Waals surface area contributed by atoms with E-state index in [2.05, 4.69) is 42.4 Å². The first-order valence-corrected chi connectivity index (χ1v) is 11.1. The number of nitrogens with zero attached hydrogens (tertiary/aromatic N) is 7. The fourth-order valence-corrected chi connectivity index (χ4v) is 4.21. The minimum absolute atomic E-state index is 0.0432. The molecular weight excluding hydrogens is 412 g/mol. The maximum atomic E-state index is 11.8. The minimum atomic E-state index is -0.197. The number of pyridine rings is 1. The molecule has 11 heteroatoms. The number of anilines is 1. The van der Waals surface area contributed by atoms with Crippen LogP contribution in [0.4, 0.5) is 5.69 Å². The van der Waals surface area contributed by atoms with Crippen LogP contribution in [-0.2, 0) is 22.6 Å². The Morgan fingerprint density at radius 1 is 1.22 bits per heavy atom. The lowest BCUT2D eigenvalue weighted by Crippen LogP contribution is -2.44. The van der Waals surface area contributed by atoms with Crippen LogP contribution in [0.3, 0.4) is 0 Å². The molecule has 5 heterocycles. The van der Waals surface area contributed by atoms with Crippen molar-refractivity contribution < 1.29 is 14.1 Å². The Morgan fingerprint density at radius 3 is 2.84 bits per heavy atom. The van der Waals surface area contributed by atoms with Gasteiger partial charge >= 0.3 is 5.97 Å². The molecule has 1 atom stereocenters.